The molecule has 82 valence electrons. The Hall–Kier alpha value is -0.0800. The quantitative estimate of drug-likeness (QED) is 0.703. The van der Waals surface area contributed by atoms with Crippen molar-refractivity contribution >= 4 is 0 Å². The van der Waals surface area contributed by atoms with Gasteiger partial charge in [-0.2, -0.15) is 0 Å². The highest BCUT2D eigenvalue weighted by Crippen LogP contribution is 2.35. The van der Waals surface area contributed by atoms with Crippen LogP contribution in [-0.2, 0) is 0 Å². The summed E-state index contributed by atoms with van der Waals surface area (Å²) in [5.74, 6) is 0. The lowest BCUT2D eigenvalue weighted by Gasteiger charge is -2.31. The van der Waals surface area contributed by atoms with Gasteiger partial charge in [-0.1, -0.05) is 13.3 Å². The molecule has 1 atom stereocenters. The van der Waals surface area contributed by atoms with E-state index in [1.165, 1.54) is 51.6 Å². The van der Waals surface area contributed by atoms with Gasteiger partial charge in [0.05, 0.1) is 0 Å². The van der Waals surface area contributed by atoms with Crippen molar-refractivity contribution in [3.8, 4) is 0 Å². The second-order valence-electron chi connectivity index (χ2n) is 5.47. The third-order valence-electron chi connectivity index (χ3n) is 3.91. The number of hydrogen-bond acceptors (Lipinski definition) is 2. The van der Waals surface area contributed by atoms with Crippen molar-refractivity contribution in [1.29, 1.82) is 0 Å². The molecular weight excluding hydrogens is 172 g/mol. The Morgan fingerprint density at radius 2 is 2.07 bits per heavy atom. The van der Waals surface area contributed by atoms with Crippen molar-refractivity contribution in [1.82, 2.24) is 10.6 Å². The minimum Gasteiger partial charge on any atom is -0.310 e. The SMILES string of the molecule is CCCC1(CNC2(C)CC2)CCCN1. The Labute approximate surface area is 87.8 Å². The normalized spacial score (nSPS) is 34.7. The maximum absolute atomic E-state index is 3.74. The van der Waals surface area contributed by atoms with Crippen LogP contribution >= 0.6 is 0 Å². The van der Waals surface area contributed by atoms with Gasteiger partial charge in [0, 0.05) is 17.6 Å². The van der Waals surface area contributed by atoms with E-state index in [4.69, 9.17) is 0 Å². The number of rotatable bonds is 5. The summed E-state index contributed by atoms with van der Waals surface area (Å²) >= 11 is 0. The number of hydrogen-bond donors (Lipinski definition) is 2. The van der Waals surface area contributed by atoms with Crippen molar-refractivity contribution in [2.75, 3.05) is 13.1 Å². The molecule has 0 aromatic rings. The molecule has 0 bridgehead atoms. The molecule has 1 saturated heterocycles. The van der Waals surface area contributed by atoms with Gasteiger partial charge in [-0.15, -0.1) is 0 Å². The van der Waals surface area contributed by atoms with Gasteiger partial charge in [0.15, 0.2) is 0 Å². The summed E-state index contributed by atoms with van der Waals surface area (Å²) in [7, 11) is 0. The van der Waals surface area contributed by atoms with Gasteiger partial charge >= 0.3 is 0 Å². The van der Waals surface area contributed by atoms with E-state index in [9.17, 15) is 0 Å². The van der Waals surface area contributed by atoms with Gasteiger partial charge in [0.25, 0.3) is 0 Å². The third-order valence-corrected chi connectivity index (χ3v) is 3.91. The molecule has 2 nitrogen and oxygen atoms in total. The lowest BCUT2D eigenvalue weighted by molar-refractivity contribution is 0.307. The number of nitrogens with one attached hydrogen (secondary N) is 2. The molecule has 2 aliphatic rings. The van der Waals surface area contributed by atoms with Crippen LogP contribution in [0.25, 0.3) is 0 Å². The fourth-order valence-corrected chi connectivity index (χ4v) is 2.55. The fraction of sp³-hybridized carbons (Fsp3) is 1.00. The summed E-state index contributed by atoms with van der Waals surface area (Å²) in [5, 5.41) is 7.45. The molecule has 0 aromatic carbocycles. The highest BCUT2D eigenvalue weighted by atomic mass is 15.1. The molecule has 1 heterocycles. The van der Waals surface area contributed by atoms with Gasteiger partial charge in [-0.3, -0.25) is 0 Å². The molecule has 0 radical (unpaired) electrons. The Kier molecular flexibility index (Phi) is 2.85. The average molecular weight is 196 g/mol. The molecule has 2 N–H and O–H groups in total. The van der Waals surface area contributed by atoms with Crippen LogP contribution in [0.15, 0.2) is 0 Å². The highest BCUT2D eigenvalue weighted by molar-refractivity contribution is 5.02. The van der Waals surface area contributed by atoms with Crippen molar-refractivity contribution < 1.29 is 0 Å². The lowest BCUT2D eigenvalue weighted by atomic mass is 9.91. The smallest absolute Gasteiger partial charge is 0.0306 e. The van der Waals surface area contributed by atoms with E-state index in [-0.39, 0.29) is 0 Å². The summed E-state index contributed by atoms with van der Waals surface area (Å²) in [6.07, 6.45) is 8.09. The summed E-state index contributed by atoms with van der Waals surface area (Å²) in [6, 6.07) is 0. The minimum atomic E-state index is 0.431. The maximum atomic E-state index is 3.74. The van der Waals surface area contributed by atoms with Crippen LogP contribution < -0.4 is 10.6 Å². The van der Waals surface area contributed by atoms with E-state index in [0.29, 0.717) is 11.1 Å². The predicted octanol–water partition coefficient (Wildman–Crippen LogP) is 2.05. The van der Waals surface area contributed by atoms with E-state index in [0.717, 1.165) is 0 Å². The molecule has 2 rings (SSSR count). The van der Waals surface area contributed by atoms with Crippen LogP contribution in [0.3, 0.4) is 0 Å². The van der Waals surface area contributed by atoms with E-state index in [1.807, 2.05) is 0 Å². The monoisotopic (exact) mass is 196 g/mol. The molecule has 1 aliphatic heterocycles. The van der Waals surface area contributed by atoms with Crippen molar-refractivity contribution in [2.45, 2.75) is 63.5 Å². The zero-order chi connectivity index (χ0) is 10.1. The van der Waals surface area contributed by atoms with Gasteiger partial charge in [0.1, 0.15) is 0 Å². The van der Waals surface area contributed by atoms with Gasteiger partial charge < -0.3 is 10.6 Å². The molecule has 2 heteroatoms. The molecule has 0 aromatic heterocycles. The van der Waals surface area contributed by atoms with Crippen LogP contribution in [0.4, 0.5) is 0 Å². The first kappa shape index (κ1) is 10.4. The summed E-state index contributed by atoms with van der Waals surface area (Å²) < 4.78 is 0. The largest absolute Gasteiger partial charge is 0.310 e. The van der Waals surface area contributed by atoms with Crippen LogP contribution in [0, 0.1) is 0 Å². The first-order chi connectivity index (χ1) is 6.68. The Bertz CT molecular complexity index is 190. The van der Waals surface area contributed by atoms with Gasteiger partial charge in [-0.25, -0.2) is 0 Å². The maximum Gasteiger partial charge on any atom is 0.0306 e. The zero-order valence-electron chi connectivity index (χ0n) is 9.66. The lowest BCUT2D eigenvalue weighted by Crippen LogP contribution is -2.50. The van der Waals surface area contributed by atoms with Gasteiger partial charge in [-0.05, 0) is 45.6 Å². The van der Waals surface area contributed by atoms with E-state index < -0.39 is 0 Å². The molecule has 1 saturated carbocycles. The van der Waals surface area contributed by atoms with Crippen LogP contribution in [0.2, 0.25) is 0 Å². The third kappa shape index (κ3) is 2.29. The van der Waals surface area contributed by atoms with Crippen LogP contribution in [0.5, 0.6) is 0 Å². The predicted molar refractivity (Wildman–Crippen MR) is 60.5 cm³/mol. The van der Waals surface area contributed by atoms with Crippen LogP contribution in [-0.4, -0.2) is 24.2 Å². The zero-order valence-corrected chi connectivity index (χ0v) is 9.66. The molecule has 1 unspecified atom stereocenters. The summed E-state index contributed by atoms with van der Waals surface area (Å²) in [5.41, 5.74) is 0.922. The van der Waals surface area contributed by atoms with Crippen LogP contribution in [0.1, 0.15) is 52.4 Å². The molecule has 1 aliphatic carbocycles. The second-order valence-corrected chi connectivity index (χ2v) is 5.47. The standard InChI is InChI=1S/C12H24N2/c1-3-5-12(6-4-9-13-12)10-14-11(2)7-8-11/h13-14H,3-10H2,1-2H3. The molecule has 14 heavy (non-hydrogen) atoms. The first-order valence-electron chi connectivity index (χ1n) is 6.18. The summed E-state index contributed by atoms with van der Waals surface area (Å²) in [4.78, 5) is 0. The second kappa shape index (κ2) is 3.82. The molecular formula is C12H24N2. The first-order valence-corrected chi connectivity index (χ1v) is 6.18. The van der Waals surface area contributed by atoms with Gasteiger partial charge in [0.2, 0.25) is 0 Å². The van der Waals surface area contributed by atoms with E-state index in [1.54, 1.807) is 0 Å². The molecule has 0 spiro atoms. The van der Waals surface area contributed by atoms with Crippen molar-refractivity contribution in [2.24, 2.45) is 0 Å². The fourth-order valence-electron chi connectivity index (χ4n) is 2.55. The summed E-state index contributed by atoms with van der Waals surface area (Å²) in [6.45, 7) is 7.04. The average Bonchev–Trinajstić information content (AvgIpc) is 2.74. The Morgan fingerprint density at radius 3 is 2.57 bits per heavy atom. The van der Waals surface area contributed by atoms with E-state index in [2.05, 4.69) is 24.5 Å². The molecule has 2 fully saturated rings. The topological polar surface area (TPSA) is 24.1 Å². The highest BCUT2D eigenvalue weighted by Gasteiger charge is 2.40. The van der Waals surface area contributed by atoms with Crippen molar-refractivity contribution in [3.63, 3.8) is 0 Å². The van der Waals surface area contributed by atoms with E-state index >= 15 is 0 Å². The van der Waals surface area contributed by atoms with Crippen molar-refractivity contribution in [3.05, 3.63) is 0 Å². The Morgan fingerprint density at radius 1 is 1.29 bits per heavy atom. The Balaban J connectivity index is 1.83. The minimum absolute atomic E-state index is 0.431. The molecule has 0 amide bonds.